The van der Waals surface area contributed by atoms with Crippen molar-refractivity contribution in [3.8, 4) is 22.3 Å². The molecule has 81 heavy (non-hydrogen) atoms. The topological polar surface area (TPSA) is 221 Å². The molecule has 432 valence electrons. The van der Waals surface area contributed by atoms with Crippen LogP contribution in [0, 0.1) is 40.7 Å². The molecule has 2 saturated heterocycles. The molecule has 16 nitrogen and oxygen atoms in total. The molecule has 7 atom stereocenters. The predicted octanol–water partition coefficient (Wildman–Crippen LogP) is 9.13. The highest BCUT2D eigenvalue weighted by Gasteiger charge is 2.61. The molecule has 2 aliphatic rings. The van der Waals surface area contributed by atoms with Gasteiger partial charge in [0.1, 0.15) is 35.4 Å². The number of hydrogen-bond donors (Lipinski definition) is 5. The van der Waals surface area contributed by atoms with E-state index < -0.39 is 87.7 Å². The van der Waals surface area contributed by atoms with Crippen molar-refractivity contribution in [1.29, 1.82) is 5.26 Å². The van der Waals surface area contributed by atoms with E-state index in [2.05, 4.69) is 32.3 Å². The van der Waals surface area contributed by atoms with Crippen LogP contribution in [0.5, 0.6) is 5.75 Å². The number of aryl methyl sites for hydroxylation is 2. The lowest BCUT2D eigenvalue weighted by molar-refractivity contribution is -0.144. The third-order valence-electron chi connectivity index (χ3n) is 14.6. The Balaban J connectivity index is 0.891. The quantitative estimate of drug-likeness (QED) is 0.0410. The van der Waals surface area contributed by atoms with E-state index in [1.54, 1.807) is 37.6 Å². The number of carbonyl (C=O) groups is 5. The Morgan fingerprint density at radius 2 is 1.70 bits per heavy atom. The van der Waals surface area contributed by atoms with Crippen molar-refractivity contribution in [1.82, 2.24) is 25.8 Å². The number of β-amino-alcohol motifs (C(OH)–C–C–N with tert-alkyl or cyclic N) is 1. The number of likely N-dealkylation sites (tertiary alicyclic amines) is 1. The molecule has 0 bridgehead atoms. The first-order chi connectivity index (χ1) is 38.4. The van der Waals surface area contributed by atoms with Crippen molar-refractivity contribution >= 4 is 69.6 Å². The van der Waals surface area contributed by atoms with Crippen LogP contribution in [0.4, 0.5) is 14.5 Å². The zero-order chi connectivity index (χ0) is 59.0. The van der Waals surface area contributed by atoms with Gasteiger partial charge in [0.05, 0.1) is 78.0 Å². The molecule has 0 radical (unpaired) electrons. The Kier molecular flexibility index (Phi) is 20.5. The lowest BCUT2D eigenvalue weighted by atomic mass is 9.62. The molecule has 5 N–H and O–H groups in total. The maximum absolute atomic E-state index is 16.2. The maximum atomic E-state index is 16.2. The number of benzene rings is 4. The van der Waals surface area contributed by atoms with E-state index >= 15 is 8.78 Å². The Hall–Kier alpha value is -6.37. The van der Waals surface area contributed by atoms with Gasteiger partial charge in [-0.1, -0.05) is 107 Å². The third kappa shape index (κ3) is 14.8. The molecule has 5 aromatic rings. The zero-order valence-electron chi connectivity index (χ0n) is 46.6. The number of nitrogens with one attached hydrogen (secondary N) is 4. The number of carbonyl (C=O) groups excluding carboxylic acids is 5. The summed E-state index contributed by atoms with van der Waals surface area (Å²) in [4.78, 5) is 75.5. The van der Waals surface area contributed by atoms with Gasteiger partial charge in [-0.05, 0) is 83.7 Å². The summed E-state index contributed by atoms with van der Waals surface area (Å²) >= 11 is 14.0. The number of aliphatic hydroxyl groups excluding tert-OH is 1. The van der Waals surface area contributed by atoms with Gasteiger partial charge < -0.3 is 45.5 Å². The summed E-state index contributed by atoms with van der Waals surface area (Å²) in [7, 11) is 1.35. The number of Topliss-reactive ketones (excluding diaryl/α,β-unsaturated/α-hetero) is 1. The minimum absolute atomic E-state index is 0.0142. The normalized spacial score (nSPS) is 20.3. The fourth-order valence-electron chi connectivity index (χ4n) is 10.6. The number of aromatic nitrogens is 1. The van der Waals surface area contributed by atoms with Crippen molar-refractivity contribution < 1.29 is 52.1 Å². The summed E-state index contributed by atoms with van der Waals surface area (Å²) in [5.41, 5.74) is 1.92. The van der Waals surface area contributed by atoms with E-state index in [0.29, 0.717) is 6.42 Å². The molecule has 2 aliphatic heterocycles. The average Bonchev–Trinajstić information content (AvgIpc) is 4.36. The van der Waals surface area contributed by atoms with Crippen LogP contribution in [-0.4, -0.2) is 121 Å². The number of methoxy groups -OCH3 is 1. The number of amides is 4. The number of anilines is 1. The van der Waals surface area contributed by atoms with E-state index in [0.717, 1.165) is 27.8 Å². The summed E-state index contributed by atoms with van der Waals surface area (Å²) in [6.07, 6.45) is 0.128. The maximum Gasteiger partial charge on any atom is 0.251 e. The lowest BCUT2D eigenvalue weighted by Gasteiger charge is -2.37. The third-order valence-corrected chi connectivity index (χ3v) is 16.1. The summed E-state index contributed by atoms with van der Waals surface area (Å²) in [5.74, 6) is -5.23. The minimum Gasteiger partial charge on any atom is -0.495 e. The smallest absolute Gasteiger partial charge is 0.251 e. The van der Waals surface area contributed by atoms with E-state index in [1.807, 2.05) is 52.0 Å². The van der Waals surface area contributed by atoms with Gasteiger partial charge in [-0.3, -0.25) is 24.0 Å². The highest BCUT2D eigenvalue weighted by Crippen LogP contribution is 2.53. The number of hydrogen-bond acceptors (Lipinski definition) is 13. The van der Waals surface area contributed by atoms with Crippen LogP contribution in [0.2, 0.25) is 10.0 Å². The van der Waals surface area contributed by atoms with Crippen LogP contribution < -0.4 is 26.0 Å². The molecule has 1 unspecified atom stereocenters. The first kappa shape index (κ1) is 62.2. The highest BCUT2D eigenvalue weighted by atomic mass is 35.5. The molecule has 4 amide bonds. The summed E-state index contributed by atoms with van der Waals surface area (Å²) in [6.45, 7) is 13.0. The van der Waals surface area contributed by atoms with E-state index in [4.69, 9.17) is 37.4 Å². The van der Waals surface area contributed by atoms with E-state index in [9.17, 15) is 34.3 Å². The Labute approximate surface area is 485 Å². The molecule has 2 fully saturated rings. The van der Waals surface area contributed by atoms with E-state index in [-0.39, 0.29) is 103 Å². The van der Waals surface area contributed by atoms with Gasteiger partial charge in [0.25, 0.3) is 5.91 Å². The molecular formula is C60H69Cl2F2N7O9S. The van der Waals surface area contributed by atoms with E-state index in [1.165, 1.54) is 60.5 Å². The van der Waals surface area contributed by atoms with Crippen LogP contribution in [-0.2, 0) is 40.5 Å². The Morgan fingerprint density at radius 1 is 0.975 bits per heavy atom. The van der Waals surface area contributed by atoms with Crippen LogP contribution in [0.3, 0.4) is 0 Å². The SMILES string of the molecule is COc1cc(C(=O)NCCOCCOCC(=O)N[C@H](C(=O)N2C[C@H](O)C[C@H]2C(=O)CCc2ccc(-c3scnc3C)cc2)C(C)(C)C)ccc1NC(=O)[C@@H]1N[C@@H](CC(C)(C)C)[C@](C#N)(c2ccc(Cl)cc2F)C1c1cccc(Cl)c1F. The van der Waals surface area contributed by atoms with Gasteiger partial charge in [-0.2, -0.15) is 5.26 Å². The molecule has 21 heteroatoms. The summed E-state index contributed by atoms with van der Waals surface area (Å²) in [5, 5.41) is 33.3. The lowest BCUT2D eigenvalue weighted by Crippen LogP contribution is -2.57. The molecule has 0 spiro atoms. The Morgan fingerprint density at radius 3 is 2.36 bits per heavy atom. The number of aliphatic hydroxyl groups is 1. The first-order valence-corrected chi connectivity index (χ1v) is 28.3. The monoisotopic (exact) mass is 1170 g/mol. The molecule has 3 heterocycles. The highest BCUT2D eigenvalue weighted by molar-refractivity contribution is 7.13. The van der Waals surface area contributed by atoms with Gasteiger partial charge in [0.15, 0.2) is 5.78 Å². The van der Waals surface area contributed by atoms with Crippen molar-refractivity contribution in [3.05, 3.63) is 134 Å². The largest absolute Gasteiger partial charge is 0.495 e. The average molecular weight is 1170 g/mol. The van der Waals surface area contributed by atoms with Crippen molar-refractivity contribution in [2.75, 3.05) is 51.9 Å². The number of halogens is 4. The predicted molar refractivity (Wildman–Crippen MR) is 306 cm³/mol. The molecule has 0 aliphatic carbocycles. The zero-order valence-corrected chi connectivity index (χ0v) is 48.9. The second kappa shape index (κ2) is 26.7. The molecule has 7 rings (SSSR count). The van der Waals surface area contributed by atoms with Gasteiger partial charge in [-0.15, -0.1) is 11.3 Å². The molecule has 0 saturated carbocycles. The second-order valence-corrected chi connectivity index (χ2v) is 24.4. The van der Waals surface area contributed by atoms with Gasteiger partial charge >= 0.3 is 0 Å². The summed E-state index contributed by atoms with van der Waals surface area (Å²) in [6, 6.07) is 18.8. The van der Waals surface area contributed by atoms with Crippen molar-refractivity contribution in [2.45, 2.75) is 116 Å². The number of nitrogens with zero attached hydrogens (tertiary/aromatic N) is 3. The van der Waals surface area contributed by atoms with Crippen molar-refractivity contribution in [2.24, 2.45) is 10.8 Å². The van der Waals surface area contributed by atoms with Crippen molar-refractivity contribution in [3.63, 3.8) is 0 Å². The summed E-state index contributed by atoms with van der Waals surface area (Å²) < 4.78 is 49.1. The van der Waals surface area contributed by atoms with Crippen LogP contribution in [0.1, 0.15) is 99.5 Å². The molecular weight excluding hydrogens is 1100 g/mol. The minimum atomic E-state index is -1.84. The van der Waals surface area contributed by atoms with Crippen LogP contribution >= 0.6 is 34.5 Å². The Bertz CT molecular complexity index is 3140. The fourth-order valence-corrected chi connectivity index (χ4v) is 11.8. The number of nitriles is 1. The molecule has 1 aromatic heterocycles. The number of rotatable bonds is 22. The van der Waals surface area contributed by atoms with Gasteiger partial charge in [0, 0.05) is 54.0 Å². The van der Waals surface area contributed by atoms with Gasteiger partial charge in [-0.25, -0.2) is 13.8 Å². The van der Waals surface area contributed by atoms with Gasteiger partial charge in [0.2, 0.25) is 17.7 Å². The second-order valence-electron chi connectivity index (χ2n) is 22.7. The standard InChI is InChI=1S/C60H69Cl2F2N7O9S/c1-34-53(81-33-67-34)36-15-12-35(13-16-36)14-21-46(73)45-28-39(72)30-71(45)57(77)54(59(5,6)7)70-49(74)31-80-25-24-79-23-22-66-55(75)37-17-20-44(47(26-37)78-8)68-56(76)52-50(40-10-9-11-42(62)51(40)64)60(32-65,48(69-52)29-58(2,3)4)41-19-18-38(61)27-43(41)63/h9-13,15-20,26-27,33,39,45,48,50,52,54,69,72H,14,21-25,28-31H2,1-8H3,(H,66,75)(H,68,76)(H,70,74)/t39-,45+,48+,50?,52-,54-,60+/m1/s1. The van der Waals surface area contributed by atoms with Crippen LogP contribution in [0.15, 0.2) is 84.4 Å². The molecule has 4 aromatic carbocycles. The first-order valence-electron chi connectivity index (χ1n) is 26.7. The number of ether oxygens (including phenoxy) is 3. The fraction of sp³-hybridized carbons (Fsp3) is 0.450. The van der Waals surface area contributed by atoms with Crippen LogP contribution in [0.25, 0.3) is 10.4 Å². The number of thiazole rings is 1. The number of ketones is 1.